The number of carbonyl (C=O) groups excluding carboxylic acids is 1. The molecule has 2 aromatic carbocycles. The largest absolute Gasteiger partial charge is 0.453 e. The molecule has 0 fully saturated rings. The van der Waals surface area contributed by atoms with Crippen LogP contribution >= 0.6 is 15.9 Å². The summed E-state index contributed by atoms with van der Waals surface area (Å²) < 4.78 is 6.21. The van der Waals surface area contributed by atoms with Crippen LogP contribution in [0.5, 0.6) is 11.5 Å². The van der Waals surface area contributed by atoms with E-state index in [2.05, 4.69) is 15.9 Å². The Labute approximate surface area is 124 Å². The number of aldehydes is 1. The van der Waals surface area contributed by atoms with Gasteiger partial charge in [0.05, 0.1) is 15.6 Å². The Hall–Kier alpha value is -2.63. The second-order valence-electron chi connectivity index (χ2n) is 3.82. The lowest BCUT2D eigenvalue weighted by Gasteiger charge is -2.10. The highest BCUT2D eigenvalue weighted by Gasteiger charge is 2.12. The number of nitrogens with zero attached hydrogens (tertiary/aromatic N) is 2. The summed E-state index contributed by atoms with van der Waals surface area (Å²) in [6, 6.07) is 13.5. The molecule has 0 bridgehead atoms. The maximum Gasteiger partial charge on any atom is 0.162 e. The van der Waals surface area contributed by atoms with Gasteiger partial charge in [0, 0.05) is 5.56 Å². The standard InChI is InChI=1S/C15H7BrN2O2/c16-13-6-10(9-19)4-5-14(13)20-15-11(7-17)2-1-3-12(15)8-18/h1-6,9H. The summed E-state index contributed by atoms with van der Waals surface area (Å²) in [5.41, 5.74) is 1.05. The fourth-order valence-electron chi connectivity index (χ4n) is 1.61. The number of nitriles is 2. The molecule has 0 amide bonds. The highest BCUT2D eigenvalue weighted by molar-refractivity contribution is 9.10. The average Bonchev–Trinajstić information content (AvgIpc) is 2.49. The van der Waals surface area contributed by atoms with Gasteiger partial charge in [-0.25, -0.2) is 0 Å². The van der Waals surface area contributed by atoms with Gasteiger partial charge in [0.15, 0.2) is 5.75 Å². The number of hydrogen-bond donors (Lipinski definition) is 0. The van der Waals surface area contributed by atoms with Crippen molar-refractivity contribution in [2.24, 2.45) is 0 Å². The summed E-state index contributed by atoms with van der Waals surface area (Å²) in [6.45, 7) is 0. The number of hydrogen-bond acceptors (Lipinski definition) is 4. The van der Waals surface area contributed by atoms with E-state index in [0.717, 1.165) is 6.29 Å². The summed E-state index contributed by atoms with van der Waals surface area (Å²) in [7, 11) is 0. The Morgan fingerprint density at radius 2 is 1.75 bits per heavy atom. The molecule has 0 radical (unpaired) electrons. The average molecular weight is 327 g/mol. The summed E-state index contributed by atoms with van der Waals surface area (Å²) in [4.78, 5) is 10.7. The zero-order valence-corrected chi connectivity index (χ0v) is 11.7. The molecule has 0 aliphatic heterocycles. The summed E-state index contributed by atoms with van der Waals surface area (Å²) >= 11 is 3.29. The van der Waals surface area contributed by atoms with E-state index in [1.54, 1.807) is 36.4 Å². The van der Waals surface area contributed by atoms with Crippen LogP contribution in [0.25, 0.3) is 0 Å². The molecule has 0 N–H and O–H groups in total. The van der Waals surface area contributed by atoms with Gasteiger partial charge in [0.2, 0.25) is 0 Å². The first-order chi connectivity index (χ1) is 9.69. The van der Waals surface area contributed by atoms with Crippen molar-refractivity contribution in [3.8, 4) is 23.6 Å². The van der Waals surface area contributed by atoms with Crippen LogP contribution in [0.2, 0.25) is 0 Å². The zero-order valence-electron chi connectivity index (χ0n) is 10.1. The third kappa shape index (κ3) is 2.69. The molecule has 0 saturated heterocycles. The number of halogens is 1. The summed E-state index contributed by atoms with van der Waals surface area (Å²) in [5.74, 6) is 0.631. The van der Waals surface area contributed by atoms with Crippen molar-refractivity contribution in [3.63, 3.8) is 0 Å². The van der Waals surface area contributed by atoms with Crippen molar-refractivity contribution in [2.45, 2.75) is 0 Å². The van der Waals surface area contributed by atoms with E-state index in [9.17, 15) is 4.79 Å². The minimum Gasteiger partial charge on any atom is -0.453 e. The maximum absolute atomic E-state index is 10.7. The van der Waals surface area contributed by atoms with Gasteiger partial charge in [-0.3, -0.25) is 4.79 Å². The van der Waals surface area contributed by atoms with Crippen LogP contribution in [0.4, 0.5) is 0 Å². The minimum absolute atomic E-state index is 0.206. The minimum atomic E-state index is 0.206. The van der Waals surface area contributed by atoms with E-state index in [4.69, 9.17) is 15.3 Å². The van der Waals surface area contributed by atoms with Gasteiger partial charge in [0.1, 0.15) is 24.2 Å². The molecule has 0 spiro atoms. The van der Waals surface area contributed by atoms with Crippen molar-refractivity contribution in [1.82, 2.24) is 0 Å². The SMILES string of the molecule is N#Cc1cccc(C#N)c1Oc1ccc(C=O)cc1Br. The zero-order chi connectivity index (χ0) is 14.5. The number of ether oxygens (including phenoxy) is 1. The molecule has 0 saturated carbocycles. The molecule has 0 aliphatic rings. The Kier molecular flexibility index (Phi) is 4.14. The first-order valence-electron chi connectivity index (χ1n) is 5.55. The first kappa shape index (κ1) is 13.8. The molecule has 2 aromatic rings. The Balaban J connectivity index is 2.48. The number of carbonyl (C=O) groups is 1. The van der Waals surface area contributed by atoms with E-state index in [-0.39, 0.29) is 16.9 Å². The van der Waals surface area contributed by atoms with Gasteiger partial charge < -0.3 is 4.74 Å². The smallest absolute Gasteiger partial charge is 0.162 e. The normalized spacial score (nSPS) is 9.35. The van der Waals surface area contributed by atoms with Crippen LogP contribution in [-0.2, 0) is 0 Å². The van der Waals surface area contributed by atoms with Gasteiger partial charge in [-0.1, -0.05) is 6.07 Å². The molecule has 5 heteroatoms. The maximum atomic E-state index is 10.7. The van der Waals surface area contributed by atoms with Gasteiger partial charge >= 0.3 is 0 Å². The molecular formula is C15H7BrN2O2. The topological polar surface area (TPSA) is 73.9 Å². The number of benzene rings is 2. The lowest BCUT2D eigenvalue weighted by Crippen LogP contribution is -1.93. The quantitative estimate of drug-likeness (QED) is 0.804. The molecule has 20 heavy (non-hydrogen) atoms. The highest BCUT2D eigenvalue weighted by Crippen LogP contribution is 2.33. The van der Waals surface area contributed by atoms with E-state index in [1.807, 2.05) is 12.1 Å². The molecule has 2 rings (SSSR count). The van der Waals surface area contributed by atoms with Crippen molar-refractivity contribution < 1.29 is 9.53 Å². The van der Waals surface area contributed by atoms with Gasteiger partial charge in [0.25, 0.3) is 0 Å². The van der Waals surface area contributed by atoms with E-state index in [1.165, 1.54) is 0 Å². The second-order valence-corrected chi connectivity index (χ2v) is 4.67. The Bertz CT molecular complexity index is 725. The predicted octanol–water partition coefficient (Wildman–Crippen LogP) is 3.80. The van der Waals surface area contributed by atoms with Crippen molar-refractivity contribution in [3.05, 3.63) is 57.6 Å². The molecule has 96 valence electrons. The molecule has 0 heterocycles. The predicted molar refractivity (Wildman–Crippen MR) is 75.5 cm³/mol. The Morgan fingerprint density at radius 3 is 2.25 bits per heavy atom. The van der Waals surface area contributed by atoms with Crippen molar-refractivity contribution in [1.29, 1.82) is 10.5 Å². The van der Waals surface area contributed by atoms with Crippen LogP contribution in [0.3, 0.4) is 0 Å². The fraction of sp³-hybridized carbons (Fsp3) is 0. The lowest BCUT2D eigenvalue weighted by molar-refractivity contribution is 0.112. The van der Waals surface area contributed by atoms with Crippen molar-refractivity contribution in [2.75, 3.05) is 0 Å². The molecule has 4 nitrogen and oxygen atoms in total. The van der Waals surface area contributed by atoms with Gasteiger partial charge in [-0.15, -0.1) is 0 Å². The first-order valence-corrected chi connectivity index (χ1v) is 6.34. The fourth-order valence-corrected chi connectivity index (χ4v) is 2.08. The van der Waals surface area contributed by atoms with Crippen LogP contribution in [-0.4, -0.2) is 6.29 Å². The molecule has 0 aromatic heterocycles. The van der Waals surface area contributed by atoms with Gasteiger partial charge in [-0.05, 0) is 46.3 Å². The summed E-state index contributed by atoms with van der Waals surface area (Å²) in [6.07, 6.45) is 0.721. The number of rotatable bonds is 3. The third-order valence-corrected chi connectivity index (χ3v) is 3.18. The van der Waals surface area contributed by atoms with Gasteiger partial charge in [-0.2, -0.15) is 10.5 Å². The van der Waals surface area contributed by atoms with E-state index < -0.39 is 0 Å². The molecule has 0 unspecified atom stereocenters. The lowest BCUT2D eigenvalue weighted by atomic mass is 10.1. The summed E-state index contributed by atoms with van der Waals surface area (Å²) in [5, 5.41) is 18.1. The van der Waals surface area contributed by atoms with E-state index >= 15 is 0 Å². The highest BCUT2D eigenvalue weighted by atomic mass is 79.9. The van der Waals surface area contributed by atoms with Crippen LogP contribution in [0.15, 0.2) is 40.9 Å². The third-order valence-electron chi connectivity index (χ3n) is 2.56. The molecule has 0 atom stereocenters. The van der Waals surface area contributed by atoms with Crippen LogP contribution in [0, 0.1) is 22.7 Å². The molecule has 0 aliphatic carbocycles. The van der Waals surface area contributed by atoms with Crippen LogP contribution < -0.4 is 4.74 Å². The second kappa shape index (κ2) is 6.01. The molecular weight excluding hydrogens is 320 g/mol. The Morgan fingerprint density at radius 1 is 1.10 bits per heavy atom. The van der Waals surface area contributed by atoms with Crippen molar-refractivity contribution >= 4 is 22.2 Å². The monoisotopic (exact) mass is 326 g/mol. The van der Waals surface area contributed by atoms with E-state index in [0.29, 0.717) is 15.8 Å². The number of para-hydroxylation sites is 1. The van der Waals surface area contributed by atoms with Crippen LogP contribution in [0.1, 0.15) is 21.5 Å².